The molecule has 0 N–H and O–H groups in total. The average Bonchev–Trinajstić information content (AvgIpc) is 3.14. The number of carbonyl (C=O) groups excluding carboxylic acids is 2. The molecule has 22 heavy (non-hydrogen) atoms. The summed E-state index contributed by atoms with van der Waals surface area (Å²) in [5.74, 6) is -0.740. The summed E-state index contributed by atoms with van der Waals surface area (Å²) in [6.45, 7) is 3.03. The molecule has 6 heteroatoms. The number of carbonyl (C=O) groups is 2. The molecule has 0 spiro atoms. The van der Waals surface area contributed by atoms with Gasteiger partial charge in [0.15, 0.2) is 6.10 Å². The van der Waals surface area contributed by atoms with Gasteiger partial charge >= 0.3 is 5.97 Å². The zero-order valence-electron chi connectivity index (χ0n) is 12.2. The van der Waals surface area contributed by atoms with Gasteiger partial charge in [0.1, 0.15) is 5.58 Å². The third-order valence-corrected chi connectivity index (χ3v) is 3.96. The quantitative estimate of drug-likeness (QED) is 0.814. The van der Waals surface area contributed by atoms with E-state index in [2.05, 4.69) is 0 Å². The average molecular weight is 322 g/mol. The van der Waals surface area contributed by atoms with E-state index in [4.69, 9.17) is 20.8 Å². The van der Waals surface area contributed by atoms with E-state index in [9.17, 15) is 9.59 Å². The van der Waals surface area contributed by atoms with Crippen LogP contribution in [-0.2, 0) is 9.53 Å². The summed E-state index contributed by atoms with van der Waals surface area (Å²) < 4.78 is 10.6. The molecular formula is C16H16ClNO4. The number of benzene rings is 1. The Balaban J connectivity index is 1.70. The predicted molar refractivity (Wildman–Crippen MR) is 81.9 cm³/mol. The minimum absolute atomic E-state index is 0.0679. The molecule has 1 amide bonds. The van der Waals surface area contributed by atoms with Gasteiger partial charge in [-0.2, -0.15) is 0 Å². The van der Waals surface area contributed by atoms with E-state index in [1.807, 2.05) is 0 Å². The molecule has 0 radical (unpaired) electrons. The lowest BCUT2D eigenvalue weighted by Gasteiger charge is -2.19. The van der Waals surface area contributed by atoms with Crippen LogP contribution in [0.1, 0.15) is 30.3 Å². The Kier molecular flexibility index (Phi) is 4.07. The van der Waals surface area contributed by atoms with Crippen molar-refractivity contribution >= 4 is 34.4 Å². The molecule has 1 atom stereocenters. The van der Waals surface area contributed by atoms with Gasteiger partial charge in [0, 0.05) is 23.5 Å². The van der Waals surface area contributed by atoms with Crippen LogP contribution in [0, 0.1) is 0 Å². The SMILES string of the molecule is C[C@H](OC(=O)c1cc2cc(Cl)ccc2o1)C(=O)N1CCCC1. The lowest BCUT2D eigenvalue weighted by atomic mass is 10.2. The summed E-state index contributed by atoms with van der Waals surface area (Å²) in [4.78, 5) is 26.0. The van der Waals surface area contributed by atoms with Crippen LogP contribution in [-0.4, -0.2) is 36.0 Å². The van der Waals surface area contributed by atoms with Crippen molar-refractivity contribution in [1.29, 1.82) is 0 Å². The van der Waals surface area contributed by atoms with Crippen molar-refractivity contribution in [3.63, 3.8) is 0 Å². The highest BCUT2D eigenvalue weighted by molar-refractivity contribution is 6.31. The lowest BCUT2D eigenvalue weighted by molar-refractivity contribution is -0.138. The topological polar surface area (TPSA) is 59.8 Å². The molecule has 1 aromatic carbocycles. The predicted octanol–water partition coefficient (Wildman–Crippen LogP) is 3.25. The van der Waals surface area contributed by atoms with Crippen LogP contribution in [0.4, 0.5) is 0 Å². The Labute approximate surface area is 132 Å². The number of furan rings is 1. The Morgan fingerprint density at radius 3 is 2.73 bits per heavy atom. The number of ether oxygens (including phenoxy) is 1. The molecule has 0 bridgehead atoms. The number of amides is 1. The van der Waals surface area contributed by atoms with Crippen LogP contribution in [0.3, 0.4) is 0 Å². The first-order valence-corrected chi connectivity index (χ1v) is 7.61. The van der Waals surface area contributed by atoms with Gasteiger partial charge in [-0.05, 0) is 44.0 Å². The van der Waals surface area contributed by atoms with Crippen LogP contribution >= 0.6 is 11.6 Å². The number of likely N-dealkylation sites (tertiary alicyclic amines) is 1. The molecule has 1 aliphatic rings. The van der Waals surface area contributed by atoms with Crippen LogP contribution < -0.4 is 0 Å². The summed E-state index contributed by atoms with van der Waals surface area (Å²) in [5, 5.41) is 1.28. The molecule has 0 aliphatic carbocycles. The van der Waals surface area contributed by atoms with Gasteiger partial charge in [-0.15, -0.1) is 0 Å². The number of fused-ring (bicyclic) bond motifs is 1. The smallest absolute Gasteiger partial charge is 0.375 e. The number of halogens is 1. The number of nitrogens with zero attached hydrogens (tertiary/aromatic N) is 1. The normalized spacial score (nSPS) is 16.0. The molecule has 1 aromatic heterocycles. The first kappa shape index (κ1) is 14.9. The molecule has 0 unspecified atom stereocenters. The number of hydrogen-bond donors (Lipinski definition) is 0. The van der Waals surface area contributed by atoms with Crippen molar-refractivity contribution in [3.8, 4) is 0 Å². The first-order valence-electron chi connectivity index (χ1n) is 7.23. The Hall–Kier alpha value is -2.01. The van der Waals surface area contributed by atoms with Crippen molar-refractivity contribution in [3.05, 3.63) is 35.0 Å². The van der Waals surface area contributed by atoms with Crippen molar-refractivity contribution in [2.45, 2.75) is 25.9 Å². The van der Waals surface area contributed by atoms with Crippen LogP contribution in [0.2, 0.25) is 5.02 Å². The van der Waals surface area contributed by atoms with Crippen LogP contribution in [0.5, 0.6) is 0 Å². The monoisotopic (exact) mass is 321 g/mol. The fourth-order valence-electron chi connectivity index (χ4n) is 2.58. The van der Waals surface area contributed by atoms with Gasteiger partial charge in [0.25, 0.3) is 5.91 Å². The van der Waals surface area contributed by atoms with Gasteiger partial charge in [-0.25, -0.2) is 4.79 Å². The fourth-order valence-corrected chi connectivity index (χ4v) is 2.76. The molecule has 116 valence electrons. The highest BCUT2D eigenvalue weighted by atomic mass is 35.5. The summed E-state index contributed by atoms with van der Waals surface area (Å²) in [7, 11) is 0. The highest BCUT2D eigenvalue weighted by Gasteiger charge is 2.27. The second-order valence-electron chi connectivity index (χ2n) is 5.37. The zero-order valence-corrected chi connectivity index (χ0v) is 12.9. The maximum absolute atomic E-state index is 12.1. The number of rotatable bonds is 3. The van der Waals surface area contributed by atoms with Gasteiger partial charge in [0.05, 0.1) is 0 Å². The first-order chi connectivity index (χ1) is 10.5. The van der Waals surface area contributed by atoms with E-state index >= 15 is 0 Å². The van der Waals surface area contributed by atoms with Crippen LogP contribution in [0.25, 0.3) is 11.0 Å². The standard InChI is InChI=1S/C16H16ClNO4/c1-10(15(19)18-6-2-3-7-18)21-16(20)14-9-11-8-12(17)4-5-13(11)22-14/h4-5,8-10H,2-3,6-7H2,1H3/t10-/m0/s1. The van der Waals surface area contributed by atoms with E-state index in [0.29, 0.717) is 10.6 Å². The lowest BCUT2D eigenvalue weighted by Crippen LogP contribution is -2.38. The Bertz CT molecular complexity index is 718. The summed E-state index contributed by atoms with van der Waals surface area (Å²) in [6, 6.07) is 6.64. The molecule has 3 rings (SSSR count). The van der Waals surface area contributed by atoms with E-state index in [0.717, 1.165) is 31.3 Å². The maximum Gasteiger partial charge on any atom is 0.375 e. The molecule has 1 saturated heterocycles. The summed E-state index contributed by atoms with van der Waals surface area (Å²) in [5.41, 5.74) is 0.551. The molecular weight excluding hydrogens is 306 g/mol. The van der Waals surface area contributed by atoms with E-state index < -0.39 is 12.1 Å². The van der Waals surface area contributed by atoms with Crippen molar-refractivity contribution in [2.24, 2.45) is 0 Å². The van der Waals surface area contributed by atoms with E-state index in [1.165, 1.54) is 0 Å². The van der Waals surface area contributed by atoms with Gasteiger partial charge in [-0.3, -0.25) is 4.79 Å². The highest BCUT2D eigenvalue weighted by Crippen LogP contribution is 2.24. The van der Waals surface area contributed by atoms with Gasteiger partial charge < -0.3 is 14.1 Å². The Morgan fingerprint density at radius 2 is 2.00 bits per heavy atom. The maximum atomic E-state index is 12.1. The third-order valence-electron chi connectivity index (χ3n) is 3.73. The summed E-state index contributed by atoms with van der Waals surface area (Å²) >= 11 is 5.90. The molecule has 0 saturated carbocycles. The largest absolute Gasteiger partial charge is 0.449 e. The second kappa shape index (κ2) is 6.01. The van der Waals surface area contributed by atoms with Crippen molar-refractivity contribution in [1.82, 2.24) is 4.90 Å². The van der Waals surface area contributed by atoms with Gasteiger partial charge in [-0.1, -0.05) is 11.6 Å². The van der Waals surface area contributed by atoms with E-state index in [1.54, 1.807) is 36.1 Å². The molecule has 2 aromatic rings. The summed E-state index contributed by atoms with van der Waals surface area (Å²) in [6.07, 6.45) is 1.18. The fraction of sp³-hybridized carbons (Fsp3) is 0.375. The minimum atomic E-state index is -0.817. The molecule has 1 aliphatic heterocycles. The third kappa shape index (κ3) is 2.95. The van der Waals surface area contributed by atoms with Crippen LogP contribution in [0.15, 0.2) is 28.7 Å². The second-order valence-corrected chi connectivity index (χ2v) is 5.81. The number of esters is 1. The van der Waals surface area contributed by atoms with Crippen molar-refractivity contribution < 1.29 is 18.7 Å². The van der Waals surface area contributed by atoms with Crippen molar-refractivity contribution in [2.75, 3.05) is 13.1 Å². The van der Waals surface area contributed by atoms with Gasteiger partial charge in [0.2, 0.25) is 5.76 Å². The van der Waals surface area contributed by atoms with E-state index in [-0.39, 0.29) is 11.7 Å². The minimum Gasteiger partial charge on any atom is -0.449 e. The molecule has 2 heterocycles. The molecule has 1 fully saturated rings. The Morgan fingerprint density at radius 1 is 1.27 bits per heavy atom. The number of hydrogen-bond acceptors (Lipinski definition) is 4. The zero-order chi connectivity index (χ0) is 15.7. The molecule has 5 nitrogen and oxygen atoms in total.